The lowest BCUT2D eigenvalue weighted by atomic mass is 9.86. The van der Waals surface area contributed by atoms with Crippen LogP contribution in [-0.2, 0) is 22.4 Å². The Kier molecular flexibility index (Phi) is 6.55. The van der Waals surface area contributed by atoms with E-state index in [4.69, 9.17) is 9.72 Å². The van der Waals surface area contributed by atoms with Crippen molar-refractivity contribution in [1.82, 2.24) is 4.98 Å². The zero-order valence-electron chi connectivity index (χ0n) is 20.7. The van der Waals surface area contributed by atoms with Crippen molar-refractivity contribution >= 4 is 12.0 Å². The summed E-state index contributed by atoms with van der Waals surface area (Å²) in [6.07, 6.45) is 8.09. The number of nitrogens with zero attached hydrogens (tertiary/aromatic N) is 1. The van der Waals surface area contributed by atoms with Crippen LogP contribution < -0.4 is 0 Å². The van der Waals surface area contributed by atoms with E-state index in [9.17, 15) is 9.18 Å². The molecule has 1 aliphatic heterocycles. The normalized spacial score (nSPS) is 19.9. The van der Waals surface area contributed by atoms with Gasteiger partial charge in [-0.25, -0.2) is 4.39 Å². The van der Waals surface area contributed by atoms with Crippen LogP contribution in [0.2, 0.25) is 0 Å². The van der Waals surface area contributed by atoms with Gasteiger partial charge in [0.2, 0.25) is 0 Å². The third-order valence-corrected chi connectivity index (χ3v) is 7.10. The lowest BCUT2D eigenvalue weighted by molar-refractivity contribution is -0.153. The van der Waals surface area contributed by atoms with Crippen molar-refractivity contribution < 1.29 is 13.9 Å². The summed E-state index contributed by atoms with van der Waals surface area (Å²) in [5.74, 6) is 0.0949. The molecule has 0 spiro atoms. The van der Waals surface area contributed by atoms with Crippen LogP contribution in [0.5, 0.6) is 0 Å². The van der Waals surface area contributed by atoms with Gasteiger partial charge in [0.1, 0.15) is 11.9 Å². The van der Waals surface area contributed by atoms with E-state index in [1.165, 1.54) is 28.8 Å². The van der Waals surface area contributed by atoms with Crippen LogP contribution in [0.1, 0.15) is 68.3 Å². The van der Waals surface area contributed by atoms with Crippen LogP contribution in [0, 0.1) is 11.7 Å². The van der Waals surface area contributed by atoms with E-state index in [1.54, 1.807) is 0 Å². The number of benzene rings is 2. The van der Waals surface area contributed by atoms with E-state index in [1.807, 2.05) is 18.2 Å². The molecular formula is C31H32FNO2. The smallest absolute Gasteiger partial charge is 0.306 e. The van der Waals surface area contributed by atoms with E-state index in [-0.39, 0.29) is 23.8 Å². The standard InChI is InChI=1S/C31H32FNO2/c1-19(2)30-27(16-15-24-17-20(3)18-28(34)35-24)29(22-11-13-23(32)14-12-22)26-10-6-8-21-7-4-5-9-25(21)31(26)33-30/h4-5,7,9,11-16,19-20,24H,6,8,10,17-18H2,1-3H3/b16-15+/t20-,24-/m1/s1. The summed E-state index contributed by atoms with van der Waals surface area (Å²) in [4.78, 5) is 17.3. The topological polar surface area (TPSA) is 39.2 Å². The molecule has 0 unspecified atom stereocenters. The number of halogens is 1. The summed E-state index contributed by atoms with van der Waals surface area (Å²) < 4.78 is 19.5. The Bertz CT molecular complexity index is 1280. The van der Waals surface area contributed by atoms with Crippen molar-refractivity contribution in [3.05, 3.63) is 82.8 Å². The van der Waals surface area contributed by atoms with Gasteiger partial charge in [-0.2, -0.15) is 0 Å². The maximum absolute atomic E-state index is 13.9. The Morgan fingerprint density at radius 1 is 1.09 bits per heavy atom. The lowest BCUT2D eigenvalue weighted by Gasteiger charge is -2.25. The fourth-order valence-corrected chi connectivity index (χ4v) is 5.45. The molecular weight excluding hydrogens is 437 g/mol. The minimum Gasteiger partial charge on any atom is -0.458 e. The van der Waals surface area contributed by atoms with Crippen molar-refractivity contribution in [2.75, 3.05) is 0 Å². The molecule has 3 nitrogen and oxygen atoms in total. The molecule has 0 amide bonds. The van der Waals surface area contributed by atoms with E-state index in [0.29, 0.717) is 12.3 Å². The number of cyclic esters (lactones) is 1. The fraction of sp³-hybridized carbons (Fsp3) is 0.355. The highest BCUT2D eigenvalue weighted by atomic mass is 19.1. The average molecular weight is 470 g/mol. The zero-order valence-corrected chi connectivity index (χ0v) is 20.7. The summed E-state index contributed by atoms with van der Waals surface area (Å²) in [5.41, 5.74) is 8.91. The highest BCUT2D eigenvalue weighted by Gasteiger charge is 2.27. The second kappa shape index (κ2) is 9.77. The molecule has 3 aromatic rings. The summed E-state index contributed by atoms with van der Waals surface area (Å²) >= 11 is 0. The van der Waals surface area contributed by atoms with Crippen LogP contribution in [0.15, 0.2) is 54.6 Å². The average Bonchev–Trinajstić information content (AvgIpc) is 3.01. The van der Waals surface area contributed by atoms with Crippen LogP contribution in [0.3, 0.4) is 0 Å². The third-order valence-electron chi connectivity index (χ3n) is 7.10. The minimum absolute atomic E-state index is 0.141. The van der Waals surface area contributed by atoms with Gasteiger partial charge in [0.05, 0.1) is 11.4 Å². The number of hydrogen-bond acceptors (Lipinski definition) is 3. The third kappa shape index (κ3) is 4.80. The summed E-state index contributed by atoms with van der Waals surface area (Å²) in [6.45, 7) is 6.41. The van der Waals surface area contributed by atoms with Crippen LogP contribution in [-0.4, -0.2) is 17.1 Å². The summed E-state index contributed by atoms with van der Waals surface area (Å²) in [6, 6.07) is 15.3. The number of carbonyl (C=O) groups is 1. The molecule has 2 atom stereocenters. The predicted molar refractivity (Wildman–Crippen MR) is 138 cm³/mol. The molecule has 35 heavy (non-hydrogen) atoms. The van der Waals surface area contributed by atoms with Crippen molar-refractivity contribution in [3.8, 4) is 22.4 Å². The van der Waals surface area contributed by atoms with Crippen LogP contribution >= 0.6 is 0 Å². The molecule has 5 rings (SSSR count). The van der Waals surface area contributed by atoms with E-state index in [2.05, 4.69) is 51.1 Å². The van der Waals surface area contributed by atoms with Crippen molar-refractivity contribution in [3.63, 3.8) is 0 Å². The van der Waals surface area contributed by atoms with E-state index >= 15 is 0 Å². The SMILES string of the molecule is CC(C)c1nc2c(c(-c3ccc(F)cc3)c1/C=C/[C@@H]1C[C@@H](C)CC(=O)O1)CCCc1ccccc1-2. The van der Waals surface area contributed by atoms with Gasteiger partial charge >= 0.3 is 5.97 Å². The Hall–Kier alpha value is -3.27. The second-order valence-corrected chi connectivity index (χ2v) is 10.2. The summed E-state index contributed by atoms with van der Waals surface area (Å²) in [5, 5.41) is 0. The Morgan fingerprint density at radius 2 is 1.86 bits per heavy atom. The number of aromatic nitrogens is 1. The first-order valence-electron chi connectivity index (χ1n) is 12.7. The Labute approximate surface area is 207 Å². The van der Waals surface area contributed by atoms with Crippen LogP contribution in [0.25, 0.3) is 28.5 Å². The van der Waals surface area contributed by atoms with Crippen molar-refractivity contribution in [2.24, 2.45) is 5.92 Å². The van der Waals surface area contributed by atoms with Gasteiger partial charge < -0.3 is 4.74 Å². The van der Waals surface area contributed by atoms with Crippen molar-refractivity contribution in [1.29, 1.82) is 0 Å². The highest BCUT2D eigenvalue weighted by molar-refractivity contribution is 5.86. The molecule has 0 radical (unpaired) electrons. The molecule has 2 heterocycles. The monoisotopic (exact) mass is 469 g/mol. The first kappa shape index (κ1) is 23.5. The van der Waals surface area contributed by atoms with Gasteiger partial charge in [0.25, 0.3) is 0 Å². The largest absolute Gasteiger partial charge is 0.458 e. The second-order valence-electron chi connectivity index (χ2n) is 10.2. The number of fused-ring (bicyclic) bond motifs is 3. The van der Waals surface area contributed by atoms with Crippen LogP contribution in [0.4, 0.5) is 4.39 Å². The van der Waals surface area contributed by atoms with Gasteiger partial charge in [-0.05, 0) is 78.0 Å². The maximum Gasteiger partial charge on any atom is 0.306 e. The van der Waals surface area contributed by atoms with Gasteiger partial charge in [-0.1, -0.05) is 63.2 Å². The quantitative estimate of drug-likeness (QED) is 0.371. The first-order chi connectivity index (χ1) is 16.9. The summed E-state index contributed by atoms with van der Waals surface area (Å²) in [7, 11) is 0. The molecule has 4 heteroatoms. The molecule has 0 N–H and O–H groups in total. The molecule has 0 bridgehead atoms. The van der Waals surface area contributed by atoms with E-state index < -0.39 is 0 Å². The van der Waals surface area contributed by atoms with Gasteiger partial charge in [-0.15, -0.1) is 0 Å². The fourth-order valence-electron chi connectivity index (χ4n) is 5.45. The molecule has 1 fully saturated rings. The molecule has 1 saturated heterocycles. The lowest BCUT2D eigenvalue weighted by Crippen LogP contribution is -2.26. The number of aryl methyl sites for hydroxylation is 1. The van der Waals surface area contributed by atoms with Gasteiger partial charge in [0, 0.05) is 17.5 Å². The number of pyridine rings is 1. The first-order valence-corrected chi connectivity index (χ1v) is 12.7. The minimum atomic E-state index is -0.247. The Balaban J connectivity index is 1.74. The Morgan fingerprint density at radius 3 is 2.60 bits per heavy atom. The molecule has 1 aliphatic carbocycles. The molecule has 2 aromatic carbocycles. The maximum atomic E-state index is 13.9. The van der Waals surface area contributed by atoms with E-state index in [0.717, 1.165) is 53.8 Å². The number of rotatable bonds is 4. The predicted octanol–water partition coefficient (Wildman–Crippen LogP) is 7.52. The number of esters is 1. The number of ether oxygens (including phenoxy) is 1. The van der Waals surface area contributed by atoms with Gasteiger partial charge in [-0.3, -0.25) is 9.78 Å². The molecule has 2 aliphatic rings. The highest BCUT2D eigenvalue weighted by Crippen LogP contribution is 2.42. The number of hydrogen-bond donors (Lipinski definition) is 0. The zero-order chi connectivity index (χ0) is 24.5. The number of carbonyl (C=O) groups excluding carboxylic acids is 1. The molecule has 180 valence electrons. The van der Waals surface area contributed by atoms with Gasteiger partial charge in [0.15, 0.2) is 0 Å². The molecule has 0 saturated carbocycles. The molecule has 1 aromatic heterocycles. The van der Waals surface area contributed by atoms with Crippen molar-refractivity contribution in [2.45, 2.75) is 64.9 Å².